The molecule has 0 radical (unpaired) electrons. The van der Waals surface area contributed by atoms with Crippen molar-refractivity contribution < 1.29 is 129 Å². The van der Waals surface area contributed by atoms with Crippen LogP contribution in [0, 0.1) is 51.2 Å². The van der Waals surface area contributed by atoms with Gasteiger partial charge in [0, 0.05) is 18.3 Å². The van der Waals surface area contributed by atoms with Gasteiger partial charge in [0.25, 0.3) is 5.60 Å². The smallest absolute Gasteiger partial charge is 0.427 e. The fraction of sp³-hybridized carbons (Fsp3) is 0.699. The van der Waals surface area contributed by atoms with Gasteiger partial charge in [0.15, 0.2) is 41.2 Å². The molecule has 8 bridgehead atoms. The van der Waals surface area contributed by atoms with Crippen LogP contribution in [-0.4, -0.2) is 150 Å². The molecule has 9 aliphatic carbocycles. The fourth-order valence-electron chi connectivity index (χ4n) is 16.1. The summed E-state index contributed by atoms with van der Waals surface area (Å²) in [4.78, 5) is 87.0. The van der Waals surface area contributed by atoms with Crippen LogP contribution in [0.5, 0.6) is 0 Å². The maximum absolute atomic E-state index is 13.0. The monoisotopic (exact) mass is 1680 g/mol. The van der Waals surface area contributed by atoms with Gasteiger partial charge in [0.05, 0.1) is 67.7 Å². The Kier molecular flexibility index (Phi) is 30.3. The van der Waals surface area contributed by atoms with E-state index in [-0.39, 0.29) is 83.5 Å². The summed E-state index contributed by atoms with van der Waals surface area (Å²) >= 11 is 0. The molecule has 31 heteroatoms. The van der Waals surface area contributed by atoms with Crippen molar-refractivity contribution in [1.82, 2.24) is 0 Å². The molecule has 1 saturated heterocycles. The molecule has 3 aromatic rings. The van der Waals surface area contributed by atoms with E-state index in [4.69, 9.17) is 23.7 Å². The van der Waals surface area contributed by atoms with E-state index in [2.05, 4.69) is 58.0 Å². The van der Waals surface area contributed by atoms with Crippen molar-refractivity contribution in [1.29, 1.82) is 0 Å². The van der Waals surface area contributed by atoms with Crippen molar-refractivity contribution in [2.45, 2.75) is 314 Å². The molecule has 10 aliphatic rings. The lowest BCUT2D eigenvalue weighted by molar-refractivity contribution is -0.259. The number of esters is 7. The summed E-state index contributed by atoms with van der Waals surface area (Å²) in [5.74, 6) is -8.54. The summed E-state index contributed by atoms with van der Waals surface area (Å²) in [6, 6.07) is 28.5. The number of aliphatic hydroxyl groups is 2. The fourth-order valence-corrected chi connectivity index (χ4v) is 20.5. The SMILES string of the molecule is CCC(C)(C)C(=O)OC12CC3CC(C1)C(C)(OC(=O)COC(=O)C(C)(O)C(F)(F)F)C(C3)C2.CCC(C)(C)C(=O)OC12CC3CC(CC(O)(C3)C1)C2.CCC(C)(C)C(=O)OC1COC(=O)C1.CCC(C)(C)C(=O)OCCC(F)(F)C(F)(F)S(=O)(=O)[O-].O=S(=O)(c1ccc([S+](c2ccccc2)c2ccccc2)cc1)C1CCCCC1. The van der Waals surface area contributed by atoms with Crippen molar-refractivity contribution >= 4 is 72.6 Å². The largest absolute Gasteiger partial charge is 0.743 e. The molecule has 9 saturated carbocycles. The van der Waals surface area contributed by atoms with Crippen LogP contribution in [0.1, 0.15) is 238 Å². The number of hydrogen-bond acceptors (Lipinski definition) is 21. The maximum atomic E-state index is 13.0. The topological polar surface area (TPSA) is 316 Å². The molecule has 0 spiro atoms. The van der Waals surface area contributed by atoms with E-state index in [1.54, 1.807) is 13.8 Å². The number of alkyl halides is 7. The standard InChI is InChI=1S/C24H25O2S2.C23H33F3O7.C16H26O3.C10H16F4O5S.C10H16O4/c25-28(26,23-14-8-3-9-15-23)24-18-16-22(17-19-24)27(20-10-4-1-5-11-20)21-12-6-2-7-13-21;1-6-19(2,3)17(28)33-22-9-13-7-14(10-22)20(4,15(8-13)11-22)32-16(27)12-31-18(29)21(5,30)23(24,25)26;1-4-14(2,3)13(17)19-16-8-11-5-12(9-16)7-15(18,6-11)10-16;1-4-8(2,3)7(15)19-6-5-9(11,12)10(13,14)20(16,17)18;1-4-10(2,3)9(12)14-7-5-8(11)13-6-7/h1-2,4-7,10-13,16-19,23H,3,8-9,14-15H2;13-15,30H,6-12H2,1-5H3;11-12,18H,4-10H2,1-3H3;4-6H2,1-3H3,(H,16,17,18);7H,4-6H2,1-3H3/q+1;;;;/p-1. The molecule has 6 unspecified atom stereocenters. The Bertz CT molecular complexity index is 4000. The van der Waals surface area contributed by atoms with Gasteiger partial charge in [0.1, 0.15) is 29.5 Å². The van der Waals surface area contributed by atoms with Crippen LogP contribution in [-0.2, 0) is 97.6 Å². The zero-order valence-corrected chi connectivity index (χ0v) is 70.3. The molecule has 13 rings (SSSR count). The van der Waals surface area contributed by atoms with Gasteiger partial charge in [-0.2, -0.15) is 30.7 Å². The summed E-state index contributed by atoms with van der Waals surface area (Å²) in [5, 5.41) is 14.0. The first-order valence-electron chi connectivity index (χ1n) is 39.3. The van der Waals surface area contributed by atoms with Crippen molar-refractivity contribution in [2.24, 2.45) is 51.2 Å². The number of carbonyl (C=O) groups is 7. The third-order valence-electron chi connectivity index (χ3n) is 24.5. The summed E-state index contributed by atoms with van der Waals surface area (Å²) in [6.45, 7) is 21.8. The average molecular weight is 1680 g/mol. The van der Waals surface area contributed by atoms with E-state index in [1.807, 2.05) is 98.7 Å². The van der Waals surface area contributed by atoms with E-state index >= 15 is 0 Å². The molecule has 114 heavy (non-hydrogen) atoms. The van der Waals surface area contributed by atoms with Crippen LogP contribution in [0.4, 0.5) is 30.7 Å². The normalized spacial score (nSPS) is 26.6. The minimum Gasteiger partial charge on any atom is -0.743 e. The number of cyclic esters (lactones) is 1. The number of ether oxygens (including phenoxy) is 7. The molecular formula is C83H115F7O21S3. The number of halogens is 7. The highest BCUT2D eigenvalue weighted by Gasteiger charge is 2.66. The summed E-state index contributed by atoms with van der Waals surface area (Å²) in [6.07, 6.45) is 9.15. The third kappa shape index (κ3) is 22.7. The second kappa shape index (κ2) is 36.4. The minimum absolute atomic E-state index is 0.0828. The molecule has 0 amide bonds. The summed E-state index contributed by atoms with van der Waals surface area (Å²) in [5.41, 5.74) is -8.60. The quantitative estimate of drug-likeness (QED) is 0.0262. The molecule has 0 aromatic heterocycles. The molecule has 6 atom stereocenters. The van der Waals surface area contributed by atoms with Crippen LogP contribution >= 0.6 is 0 Å². The lowest BCUT2D eigenvalue weighted by Gasteiger charge is -2.62. The van der Waals surface area contributed by atoms with Gasteiger partial charge in [0.2, 0.25) is 0 Å². The predicted molar refractivity (Wildman–Crippen MR) is 405 cm³/mol. The van der Waals surface area contributed by atoms with Crippen molar-refractivity contribution in [2.75, 3.05) is 19.8 Å². The summed E-state index contributed by atoms with van der Waals surface area (Å²) < 4.78 is 182. The predicted octanol–water partition coefficient (Wildman–Crippen LogP) is 16.1. The van der Waals surface area contributed by atoms with E-state index in [0.29, 0.717) is 61.2 Å². The highest BCUT2D eigenvalue weighted by molar-refractivity contribution is 7.97. The van der Waals surface area contributed by atoms with Crippen molar-refractivity contribution in [3.05, 3.63) is 84.9 Å². The Hall–Kier alpha value is -6.41. The first-order valence-corrected chi connectivity index (χ1v) is 43.5. The number of sulfone groups is 1. The molecule has 1 heterocycles. The zero-order valence-electron chi connectivity index (χ0n) is 67.8. The van der Waals surface area contributed by atoms with E-state index in [9.17, 15) is 95.9 Å². The molecule has 3 aromatic carbocycles. The van der Waals surface area contributed by atoms with Gasteiger partial charge < -0.3 is 47.9 Å². The number of carbonyl (C=O) groups excluding carboxylic acids is 7. The number of hydrogen-bond donors (Lipinski definition) is 2. The lowest BCUT2D eigenvalue weighted by atomic mass is 9.48. The van der Waals surface area contributed by atoms with Crippen molar-refractivity contribution in [3.8, 4) is 0 Å². The molecule has 1 aliphatic heterocycles. The second-order valence-corrected chi connectivity index (χ2v) is 40.8. The van der Waals surface area contributed by atoms with Crippen LogP contribution in [0.25, 0.3) is 0 Å². The van der Waals surface area contributed by atoms with Gasteiger partial charge in [-0.15, -0.1) is 0 Å². The zero-order chi connectivity index (χ0) is 85.5. The van der Waals surface area contributed by atoms with Crippen molar-refractivity contribution in [3.63, 3.8) is 0 Å². The van der Waals surface area contributed by atoms with Gasteiger partial charge in [-0.3, -0.25) is 24.0 Å². The van der Waals surface area contributed by atoms with Crippen LogP contribution in [0.2, 0.25) is 0 Å². The Morgan fingerprint density at radius 2 is 1.01 bits per heavy atom. The Labute approximate surface area is 668 Å². The molecule has 21 nitrogen and oxygen atoms in total. The number of rotatable bonds is 25. The van der Waals surface area contributed by atoms with E-state index in [0.717, 1.165) is 88.4 Å². The first-order chi connectivity index (χ1) is 52.5. The number of benzene rings is 3. The molecule has 2 N–H and O–H groups in total. The highest BCUT2D eigenvalue weighted by Crippen LogP contribution is 2.63. The van der Waals surface area contributed by atoms with Crippen LogP contribution < -0.4 is 0 Å². The minimum atomic E-state index is -6.52. The summed E-state index contributed by atoms with van der Waals surface area (Å²) in [7, 11) is -10.00. The Balaban J connectivity index is 0.000000203. The van der Waals surface area contributed by atoms with Crippen LogP contribution in [0.3, 0.4) is 0 Å². The van der Waals surface area contributed by atoms with Gasteiger partial charge in [-0.25, -0.2) is 26.4 Å². The van der Waals surface area contributed by atoms with Gasteiger partial charge >= 0.3 is 59.1 Å². The second-order valence-electron chi connectivity index (χ2n) is 35.1. The highest BCUT2D eigenvalue weighted by atomic mass is 32.2. The van der Waals surface area contributed by atoms with Crippen LogP contribution in [0.15, 0.2) is 105 Å². The van der Waals surface area contributed by atoms with E-state index in [1.165, 1.54) is 30.1 Å². The Morgan fingerprint density at radius 3 is 1.45 bits per heavy atom. The first kappa shape index (κ1) is 94.7. The Morgan fingerprint density at radius 1 is 0.561 bits per heavy atom. The third-order valence-corrected chi connectivity index (χ3v) is 30.0. The lowest BCUT2D eigenvalue weighted by Crippen LogP contribution is -2.65. The maximum Gasteiger partial charge on any atom is 0.427 e. The van der Waals surface area contributed by atoms with Gasteiger partial charge in [-0.05, 0) is 238 Å². The van der Waals surface area contributed by atoms with Gasteiger partial charge in [-0.1, -0.05) is 83.4 Å². The molecule has 10 fully saturated rings. The molecular weight excluding hydrogens is 1560 g/mol. The van der Waals surface area contributed by atoms with E-state index < -0.39 is 119 Å². The molecule has 640 valence electrons. The average Bonchev–Trinajstić information content (AvgIpc) is 0.763.